The highest BCUT2D eigenvalue weighted by molar-refractivity contribution is 6.03. The molecule has 2 heterocycles. The molecule has 1 aromatic heterocycles. The highest BCUT2D eigenvalue weighted by Crippen LogP contribution is 2.29. The number of aryl methyl sites for hydroxylation is 4. The summed E-state index contributed by atoms with van der Waals surface area (Å²) in [6.07, 6.45) is 0.198. The van der Waals surface area contributed by atoms with Gasteiger partial charge in [-0.3, -0.25) is 14.9 Å². The molecule has 1 atom stereocenters. The summed E-state index contributed by atoms with van der Waals surface area (Å²) in [6.45, 7) is 8.04. The highest BCUT2D eigenvalue weighted by atomic mass is 16.2. The maximum Gasteiger partial charge on any atom is 0.232 e. The van der Waals surface area contributed by atoms with Crippen molar-refractivity contribution >= 4 is 23.5 Å². The van der Waals surface area contributed by atoms with Gasteiger partial charge in [0.15, 0.2) is 0 Å². The molecule has 1 saturated heterocycles. The van der Waals surface area contributed by atoms with Crippen molar-refractivity contribution < 1.29 is 9.59 Å². The van der Waals surface area contributed by atoms with E-state index in [4.69, 9.17) is 0 Å². The third kappa shape index (κ3) is 3.68. The van der Waals surface area contributed by atoms with Crippen LogP contribution in [0.4, 0.5) is 11.6 Å². The predicted molar refractivity (Wildman–Crippen MR) is 96.5 cm³/mol. The predicted octanol–water partition coefficient (Wildman–Crippen LogP) is 2.70. The molecular weight excluding hydrogens is 316 g/mol. The number of hydrogen-bond acceptors (Lipinski definition) is 4. The molecule has 0 saturated carbocycles. The van der Waals surface area contributed by atoms with Crippen LogP contribution >= 0.6 is 0 Å². The molecule has 130 valence electrons. The van der Waals surface area contributed by atoms with Gasteiger partial charge in [-0.15, -0.1) is 0 Å². The van der Waals surface area contributed by atoms with E-state index in [-0.39, 0.29) is 18.2 Å². The minimum Gasteiger partial charge on any atom is -0.311 e. The lowest BCUT2D eigenvalue weighted by Crippen LogP contribution is -2.29. The summed E-state index contributed by atoms with van der Waals surface area (Å²) in [7, 11) is 0. The number of hydrogen-bond donors (Lipinski definition) is 1. The summed E-state index contributed by atoms with van der Waals surface area (Å²) in [4.78, 5) is 35.1. The van der Waals surface area contributed by atoms with Gasteiger partial charge < -0.3 is 4.90 Å². The molecule has 1 aromatic carbocycles. The Morgan fingerprint density at radius 3 is 2.48 bits per heavy atom. The zero-order chi connectivity index (χ0) is 18.1. The topological polar surface area (TPSA) is 75.2 Å². The minimum atomic E-state index is -0.406. The fraction of sp³-hybridized carbons (Fsp3) is 0.368. The van der Waals surface area contributed by atoms with Gasteiger partial charge in [-0.2, -0.15) is 0 Å². The maximum absolute atomic E-state index is 12.5. The summed E-state index contributed by atoms with van der Waals surface area (Å²) in [5, 5.41) is 2.74. The second-order valence-electron chi connectivity index (χ2n) is 6.66. The van der Waals surface area contributed by atoms with Crippen LogP contribution in [0.1, 0.15) is 28.9 Å². The Morgan fingerprint density at radius 1 is 1.12 bits per heavy atom. The van der Waals surface area contributed by atoms with Gasteiger partial charge in [0.1, 0.15) is 0 Å². The Labute approximate surface area is 147 Å². The molecule has 2 amide bonds. The van der Waals surface area contributed by atoms with Crippen molar-refractivity contribution in [3.63, 3.8) is 0 Å². The quantitative estimate of drug-likeness (QED) is 0.934. The molecule has 25 heavy (non-hydrogen) atoms. The molecule has 1 aliphatic heterocycles. The molecule has 0 aliphatic carbocycles. The lowest BCUT2D eigenvalue weighted by molar-refractivity contribution is -0.122. The Kier molecular flexibility index (Phi) is 4.53. The van der Waals surface area contributed by atoms with Gasteiger partial charge >= 0.3 is 0 Å². The van der Waals surface area contributed by atoms with Gasteiger partial charge in [0.05, 0.1) is 5.92 Å². The van der Waals surface area contributed by atoms with Crippen LogP contribution in [0.3, 0.4) is 0 Å². The molecule has 3 rings (SSSR count). The van der Waals surface area contributed by atoms with Gasteiger partial charge in [0.25, 0.3) is 0 Å². The first-order valence-electron chi connectivity index (χ1n) is 8.34. The summed E-state index contributed by atoms with van der Waals surface area (Å²) in [5.41, 5.74) is 4.58. The first kappa shape index (κ1) is 17.1. The molecule has 1 aliphatic rings. The molecular formula is C19H22N4O2. The third-order valence-electron chi connectivity index (χ3n) is 4.37. The van der Waals surface area contributed by atoms with Gasteiger partial charge in [-0.1, -0.05) is 12.1 Å². The van der Waals surface area contributed by atoms with Crippen molar-refractivity contribution in [2.45, 2.75) is 34.1 Å². The Morgan fingerprint density at radius 2 is 1.80 bits per heavy atom. The van der Waals surface area contributed by atoms with E-state index in [2.05, 4.69) is 15.3 Å². The second kappa shape index (κ2) is 6.63. The highest BCUT2D eigenvalue weighted by Gasteiger charge is 2.36. The van der Waals surface area contributed by atoms with Crippen LogP contribution in [0.5, 0.6) is 0 Å². The number of carbonyl (C=O) groups is 2. The standard InChI is InChI=1S/C19H22N4O2/c1-11-5-6-12(2)16(7-11)23-10-15(9-17(23)24)18(25)22-19-20-13(3)8-14(4)21-19/h5-8,15H,9-10H2,1-4H3,(H,20,21,22,25). The van der Waals surface area contributed by atoms with Crippen molar-refractivity contribution in [2.24, 2.45) is 5.92 Å². The van der Waals surface area contributed by atoms with Crippen LogP contribution in [0.15, 0.2) is 24.3 Å². The largest absolute Gasteiger partial charge is 0.311 e. The van der Waals surface area contributed by atoms with Crippen molar-refractivity contribution in [1.82, 2.24) is 9.97 Å². The van der Waals surface area contributed by atoms with E-state index in [9.17, 15) is 9.59 Å². The lowest BCUT2D eigenvalue weighted by Gasteiger charge is -2.19. The van der Waals surface area contributed by atoms with Crippen molar-refractivity contribution in [3.8, 4) is 0 Å². The van der Waals surface area contributed by atoms with Crippen LogP contribution in [-0.4, -0.2) is 28.3 Å². The van der Waals surface area contributed by atoms with E-state index in [0.717, 1.165) is 28.2 Å². The molecule has 6 nitrogen and oxygen atoms in total. The molecule has 0 radical (unpaired) electrons. The van der Waals surface area contributed by atoms with Crippen LogP contribution < -0.4 is 10.2 Å². The Bertz CT molecular complexity index is 827. The maximum atomic E-state index is 12.5. The van der Waals surface area contributed by atoms with Crippen LogP contribution in [0.2, 0.25) is 0 Å². The van der Waals surface area contributed by atoms with Crippen molar-refractivity contribution in [3.05, 3.63) is 46.8 Å². The number of rotatable bonds is 3. The zero-order valence-corrected chi connectivity index (χ0v) is 15.0. The smallest absolute Gasteiger partial charge is 0.232 e. The summed E-state index contributed by atoms with van der Waals surface area (Å²) >= 11 is 0. The number of benzene rings is 1. The number of nitrogens with zero attached hydrogens (tertiary/aromatic N) is 3. The number of anilines is 2. The average molecular weight is 338 g/mol. The van der Waals surface area contributed by atoms with Crippen LogP contribution in [0, 0.1) is 33.6 Å². The number of amides is 2. The molecule has 1 fully saturated rings. The lowest BCUT2D eigenvalue weighted by atomic mass is 10.1. The van der Waals surface area contributed by atoms with Crippen LogP contribution in [-0.2, 0) is 9.59 Å². The first-order valence-corrected chi connectivity index (χ1v) is 8.34. The van der Waals surface area contributed by atoms with Crippen molar-refractivity contribution in [1.29, 1.82) is 0 Å². The second-order valence-corrected chi connectivity index (χ2v) is 6.66. The van der Waals surface area contributed by atoms with E-state index in [1.807, 2.05) is 52.0 Å². The van der Waals surface area contributed by atoms with Gasteiger partial charge in [0.2, 0.25) is 17.8 Å². The van der Waals surface area contributed by atoms with E-state index < -0.39 is 5.92 Å². The van der Waals surface area contributed by atoms with Crippen LogP contribution in [0.25, 0.3) is 0 Å². The Hall–Kier alpha value is -2.76. The monoisotopic (exact) mass is 338 g/mol. The average Bonchev–Trinajstić information content (AvgIpc) is 2.90. The van der Waals surface area contributed by atoms with E-state index in [0.29, 0.717) is 12.5 Å². The zero-order valence-electron chi connectivity index (χ0n) is 15.0. The molecule has 0 bridgehead atoms. The van der Waals surface area contributed by atoms with E-state index in [1.165, 1.54) is 0 Å². The van der Waals surface area contributed by atoms with Gasteiger partial charge in [-0.25, -0.2) is 9.97 Å². The fourth-order valence-electron chi connectivity index (χ4n) is 3.12. The van der Waals surface area contributed by atoms with E-state index >= 15 is 0 Å². The minimum absolute atomic E-state index is 0.0322. The molecule has 1 unspecified atom stereocenters. The molecule has 2 aromatic rings. The van der Waals surface area contributed by atoms with E-state index in [1.54, 1.807) is 4.90 Å². The normalized spacial score (nSPS) is 17.0. The van der Waals surface area contributed by atoms with Gasteiger partial charge in [-0.05, 0) is 51.0 Å². The first-order chi connectivity index (χ1) is 11.8. The van der Waals surface area contributed by atoms with Crippen molar-refractivity contribution in [2.75, 3.05) is 16.8 Å². The Balaban J connectivity index is 1.75. The number of nitrogens with one attached hydrogen (secondary N) is 1. The summed E-state index contributed by atoms with van der Waals surface area (Å²) in [6, 6.07) is 7.84. The third-order valence-corrected chi connectivity index (χ3v) is 4.37. The summed E-state index contributed by atoms with van der Waals surface area (Å²) in [5.74, 6) is -0.363. The summed E-state index contributed by atoms with van der Waals surface area (Å²) < 4.78 is 0. The number of carbonyl (C=O) groups excluding carboxylic acids is 2. The fourth-order valence-corrected chi connectivity index (χ4v) is 3.12. The molecule has 1 N–H and O–H groups in total. The molecule has 0 spiro atoms. The SMILES string of the molecule is Cc1ccc(C)c(N2CC(C(=O)Nc3nc(C)cc(C)n3)CC2=O)c1. The number of aromatic nitrogens is 2. The molecule has 6 heteroatoms. The van der Waals surface area contributed by atoms with Gasteiger partial charge in [0, 0.05) is 30.0 Å².